The molecule has 3 rings (SSSR count). The van der Waals surface area contributed by atoms with Crippen LogP contribution >= 0.6 is 0 Å². The van der Waals surface area contributed by atoms with Crippen LogP contribution in [-0.4, -0.2) is 35.3 Å². The van der Waals surface area contributed by atoms with E-state index < -0.39 is 0 Å². The largest absolute Gasteiger partial charge is 0.375 e. The van der Waals surface area contributed by atoms with Crippen LogP contribution in [0.5, 0.6) is 0 Å². The minimum absolute atomic E-state index is 0.463. The Balaban J connectivity index is 1.60. The number of nitrogens with zero attached hydrogens (tertiary/aromatic N) is 3. The maximum absolute atomic E-state index is 6.14. The van der Waals surface area contributed by atoms with Gasteiger partial charge in [0.15, 0.2) is 0 Å². The second-order valence-corrected chi connectivity index (χ2v) is 6.22. The first-order valence-electron chi connectivity index (χ1n) is 8.55. The Morgan fingerprint density at radius 1 is 1.05 bits per heavy atom. The van der Waals surface area contributed by atoms with Gasteiger partial charge in [-0.15, -0.1) is 0 Å². The molecule has 2 fully saturated rings. The monoisotopic (exact) mass is 289 g/mol. The van der Waals surface area contributed by atoms with E-state index in [-0.39, 0.29) is 0 Å². The minimum atomic E-state index is 0.463. The van der Waals surface area contributed by atoms with Crippen LogP contribution in [0.3, 0.4) is 0 Å². The summed E-state index contributed by atoms with van der Waals surface area (Å²) in [6.07, 6.45) is 9.05. The van der Waals surface area contributed by atoms with Gasteiger partial charge in [-0.05, 0) is 38.5 Å². The molecular formula is C17H27N3O. The Bertz CT molecular complexity index is 443. The van der Waals surface area contributed by atoms with Crippen molar-refractivity contribution in [1.29, 1.82) is 0 Å². The maximum atomic E-state index is 6.14. The fourth-order valence-electron chi connectivity index (χ4n) is 3.04. The van der Waals surface area contributed by atoms with Crippen molar-refractivity contribution in [2.75, 3.05) is 18.0 Å². The highest BCUT2D eigenvalue weighted by atomic mass is 16.5. The van der Waals surface area contributed by atoms with Crippen LogP contribution in [0.25, 0.3) is 0 Å². The van der Waals surface area contributed by atoms with E-state index in [2.05, 4.69) is 29.8 Å². The lowest BCUT2D eigenvalue weighted by atomic mass is 9.95. The molecule has 0 amide bonds. The molecule has 0 N–H and O–H groups in total. The Labute approximate surface area is 127 Å². The molecule has 2 aliphatic rings. The third-order valence-electron chi connectivity index (χ3n) is 4.69. The molecule has 4 heteroatoms. The zero-order valence-corrected chi connectivity index (χ0v) is 13.3. The first-order chi connectivity index (χ1) is 10.3. The standard InChI is InChI=1S/C17H27N3O/c1-3-13-12-17(19-16(4-2)18-13)20-10-8-15(9-11-20)21-14-6-5-7-14/h12,14-15H,3-11H2,1-2H3. The Hall–Kier alpha value is -1.16. The number of anilines is 1. The number of piperidine rings is 1. The van der Waals surface area contributed by atoms with Crippen LogP contribution in [-0.2, 0) is 17.6 Å². The molecule has 2 heterocycles. The molecule has 1 saturated heterocycles. The van der Waals surface area contributed by atoms with E-state index in [1.54, 1.807) is 0 Å². The average Bonchev–Trinajstić information content (AvgIpc) is 2.51. The summed E-state index contributed by atoms with van der Waals surface area (Å²) in [7, 11) is 0. The molecule has 1 aliphatic heterocycles. The number of ether oxygens (including phenoxy) is 1. The lowest BCUT2D eigenvalue weighted by Gasteiger charge is -2.36. The zero-order valence-electron chi connectivity index (χ0n) is 13.3. The summed E-state index contributed by atoms with van der Waals surface area (Å²) in [5, 5.41) is 0. The highest BCUT2D eigenvalue weighted by molar-refractivity contribution is 5.40. The summed E-state index contributed by atoms with van der Waals surface area (Å²) >= 11 is 0. The van der Waals surface area contributed by atoms with Gasteiger partial charge in [-0.3, -0.25) is 0 Å². The third-order valence-corrected chi connectivity index (χ3v) is 4.69. The van der Waals surface area contributed by atoms with E-state index in [0.29, 0.717) is 12.2 Å². The summed E-state index contributed by atoms with van der Waals surface area (Å²) in [6, 6.07) is 2.16. The van der Waals surface area contributed by atoms with Gasteiger partial charge in [0.1, 0.15) is 11.6 Å². The van der Waals surface area contributed by atoms with Gasteiger partial charge in [0.2, 0.25) is 0 Å². The predicted molar refractivity (Wildman–Crippen MR) is 84.7 cm³/mol. The lowest BCUT2D eigenvalue weighted by Crippen LogP contribution is -2.40. The predicted octanol–water partition coefficient (Wildman–Crippen LogP) is 3.14. The van der Waals surface area contributed by atoms with Crippen molar-refractivity contribution in [3.05, 3.63) is 17.6 Å². The van der Waals surface area contributed by atoms with Gasteiger partial charge in [-0.1, -0.05) is 13.8 Å². The summed E-state index contributed by atoms with van der Waals surface area (Å²) in [6.45, 7) is 6.39. The van der Waals surface area contributed by atoms with Gasteiger partial charge in [-0.25, -0.2) is 9.97 Å². The van der Waals surface area contributed by atoms with Gasteiger partial charge in [-0.2, -0.15) is 0 Å². The van der Waals surface area contributed by atoms with Crippen LogP contribution in [0, 0.1) is 0 Å². The highest BCUT2D eigenvalue weighted by Gasteiger charge is 2.26. The number of hydrogen-bond donors (Lipinski definition) is 0. The molecule has 1 saturated carbocycles. The molecule has 1 aromatic heterocycles. The summed E-state index contributed by atoms with van der Waals surface area (Å²) < 4.78 is 6.14. The van der Waals surface area contributed by atoms with Crippen LogP contribution in [0.1, 0.15) is 57.5 Å². The molecule has 0 unspecified atom stereocenters. The normalized spacial score (nSPS) is 20.6. The van der Waals surface area contributed by atoms with Crippen molar-refractivity contribution in [3.8, 4) is 0 Å². The molecule has 4 nitrogen and oxygen atoms in total. The molecule has 0 aromatic carbocycles. The van der Waals surface area contributed by atoms with Crippen molar-refractivity contribution in [2.24, 2.45) is 0 Å². The topological polar surface area (TPSA) is 38.2 Å². The Morgan fingerprint density at radius 3 is 2.33 bits per heavy atom. The fourth-order valence-corrected chi connectivity index (χ4v) is 3.04. The Morgan fingerprint density at radius 2 is 1.76 bits per heavy atom. The molecule has 21 heavy (non-hydrogen) atoms. The fraction of sp³-hybridized carbons (Fsp3) is 0.765. The molecule has 0 atom stereocenters. The van der Waals surface area contributed by atoms with Crippen molar-refractivity contribution in [2.45, 2.75) is 71.0 Å². The summed E-state index contributed by atoms with van der Waals surface area (Å²) in [5.41, 5.74) is 1.16. The van der Waals surface area contributed by atoms with Crippen LogP contribution in [0.15, 0.2) is 6.07 Å². The zero-order chi connectivity index (χ0) is 14.7. The van der Waals surface area contributed by atoms with E-state index in [1.807, 2.05) is 0 Å². The van der Waals surface area contributed by atoms with Crippen LogP contribution in [0.4, 0.5) is 5.82 Å². The second kappa shape index (κ2) is 6.73. The van der Waals surface area contributed by atoms with Gasteiger partial charge in [0.05, 0.1) is 12.2 Å². The maximum Gasteiger partial charge on any atom is 0.132 e. The van der Waals surface area contributed by atoms with E-state index >= 15 is 0 Å². The SMILES string of the molecule is CCc1cc(N2CCC(OC3CCC3)CC2)nc(CC)n1. The molecule has 116 valence electrons. The summed E-state index contributed by atoms with van der Waals surface area (Å²) in [4.78, 5) is 11.7. The van der Waals surface area contributed by atoms with E-state index in [1.165, 1.54) is 19.3 Å². The third kappa shape index (κ3) is 3.54. The smallest absolute Gasteiger partial charge is 0.132 e. The number of rotatable bonds is 5. The second-order valence-electron chi connectivity index (χ2n) is 6.22. The van der Waals surface area contributed by atoms with Gasteiger partial charge in [0, 0.05) is 31.3 Å². The number of aryl methyl sites for hydroxylation is 2. The van der Waals surface area contributed by atoms with Gasteiger partial charge in [0.25, 0.3) is 0 Å². The molecule has 1 aliphatic carbocycles. The quantitative estimate of drug-likeness (QED) is 0.834. The van der Waals surface area contributed by atoms with Gasteiger partial charge >= 0.3 is 0 Å². The number of aromatic nitrogens is 2. The van der Waals surface area contributed by atoms with Crippen molar-refractivity contribution in [3.63, 3.8) is 0 Å². The Kier molecular flexibility index (Phi) is 4.73. The molecule has 1 aromatic rings. The van der Waals surface area contributed by atoms with E-state index in [4.69, 9.17) is 9.72 Å². The van der Waals surface area contributed by atoms with E-state index in [0.717, 1.165) is 56.1 Å². The van der Waals surface area contributed by atoms with Crippen molar-refractivity contribution in [1.82, 2.24) is 9.97 Å². The van der Waals surface area contributed by atoms with E-state index in [9.17, 15) is 0 Å². The first kappa shape index (κ1) is 14.8. The van der Waals surface area contributed by atoms with Crippen LogP contribution in [0.2, 0.25) is 0 Å². The molecule has 0 radical (unpaired) electrons. The van der Waals surface area contributed by atoms with Gasteiger partial charge < -0.3 is 9.64 Å². The first-order valence-corrected chi connectivity index (χ1v) is 8.55. The number of hydrogen-bond acceptors (Lipinski definition) is 4. The lowest BCUT2D eigenvalue weighted by molar-refractivity contribution is -0.0596. The molecule has 0 spiro atoms. The average molecular weight is 289 g/mol. The van der Waals surface area contributed by atoms with Crippen molar-refractivity contribution >= 4 is 5.82 Å². The van der Waals surface area contributed by atoms with Crippen LogP contribution < -0.4 is 4.90 Å². The molecular weight excluding hydrogens is 262 g/mol. The highest BCUT2D eigenvalue weighted by Crippen LogP contribution is 2.27. The summed E-state index contributed by atoms with van der Waals surface area (Å²) in [5.74, 6) is 2.08. The van der Waals surface area contributed by atoms with Crippen molar-refractivity contribution < 1.29 is 4.74 Å². The minimum Gasteiger partial charge on any atom is -0.375 e. The molecule has 0 bridgehead atoms.